The third-order valence-electron chi connectivity index (χ3n) is 0.467. The largest absolute Gasteiger partial charge is 0.481 e. The number of halogens is 1. The van der Waals surface area contributed by atoms with Crippen LogP contribution in [0.25, 0.3) is 0 Å². The zero-order valence-electron chi connectivity index (χ0n) is 4.85. The van der Waals surface area contributed by atoms with E-state index in [1.165, 1.54) is 0 Å². The van der Waals surface area contributed by atoms with Crippen LogP contribution in [0.2, 0.25) is 0 Å². The van der Waals surface area contributed by atoms with Crippen molar-refractivity contribution in [2.45, 2.75) is 0 Å². The Kier molecular flexibility index (Phi) is 2.83. The first kappa shape index (κ1) is 8.30. The lowest BCUT2D eigenvalue weighted by molar-refractivity contribution is -0.133. The molecule has 8 heavy (non-hydrogen) atoms. The number of carbonyl (C=O) groups is 1. The summed E-state index contributed by atoms with van der Waals surface area (Å²) in [6.45, 7) is 0. The maximum absolute atomic E-state index is 10.0. The summed E-state index contributed by atoms with van der Waals surface area (Å²) in [6.07, 6.45) is 3.81. The molecule has 50 valence electrons. The second kappa shape index (κ2) is 2.73. The minimum atomic E-state index is -1.01. The number of hydrogen-bond acceptors (Lipinski definition) is 1. The van der Waals surface area contributed by atoms with Crippen LogP contribution in [0.5, 0.6) is 0 Å². The quantitative estimate of drug-likeness (QED) is 0.733. The number of carboxylic acids is 1. The second-order valence-corrected chi connectivity index (χ2v) is 10.3. The zero-order valence-corrected chi connectivity index (χ0v) is 7.25. The van der Waals surface area contributed by atoms with Crippen LogP contribution in [-0.4, -0.2) is 29.3 Å². The lowest BCUT2D eigenvalue weighted by atomic mass is 10.8. The highest BCUT2D eigenvalue weighted by Crippen LogP contribution is 2.47. The Hall–Kier alpha value is 0.300. The molecule has 0 saturated carbocycles. The van der Waals surface area contributed by atoms with Crippen LogP contribution in [0.15, 0.2) is 0 Å². The van der Waals surface area contributed by atoms with Crippen molar-refractivity contribution in [2.24, 2.45) is 0 Å². The van der Waals surface area contributed by atoms with Crippen LogP contribution in [-0.2, 0) is 4.79 Å². The Balaban J connectivity index is 3.55. The predicted octanol–water partition coefficient (Wildman–Crippen LogP) is 1.45. The van der Waals surface area contributed by atoms with Gasteiger partial charge in [0, 0.05) is 0 Å². The topological polar surface area (TPSA) is 37.3 Å². The number of hydrogen-bond donors (Lipinski definition) is 1. The fourth-order valence-electron chi connectivity index (χ4n) is 0.294. The van der Waals surface area contributed by atoms with Gasteiger partial charge in [-0.2, -0.15) is 8.46 Å². The van der Waals surface area contributed by atoms with E-state index in [1.54, 1.807) is 0 Å². The van der Waals surface area contributed by atoms with E-state index < -0.39 is 14.4 Å². The highest BCUT2D eigenvalue weighted by molar-refractivity contribution is 9.58. The maximum Gasteiger partial charge on any atom is 0.312 e. The maximum atomic E-state index is 10.0. The SMILES string of the molecule is CS(C)(Br)CC(=O)O. The fourth-order valence-corrected chi connectivity index (χ4v) is 1.47. The molecular weight excluding hydrogens is 192 g/mol. The molecule has 0 aromatic rings. The monoisotopic (exact) mass is 200 g/mol. The number of carboxylic acid groups (broad SMARTS) is 1. The molecule has 0 atom stereocenters. The Labute approximate surface area is 57.8 Å². The molecule has 0 fully saturated rings. The van der Waals surface area contributed by atoms with E-state index in [0.717, 1.165) is 0 Å². The van der Waals surface area contributed by atoms with Crippen molar-refractivity contribution in [1.82, 2.24) is 0 Å². The summed E-state index contributed by atoms with van der Waals surface area (Å²) in [5, 5.41) is 8.24. The Bertz CT molecular complexity index is 96.7. The minimum absolute atomic E-state index is 0.243. The van der Waals surface area contributed by atoms with Gasteiger partial charge in [-0.05, 0) is 27.3 Å². The molecule has 4 heteroatoms. The van der Waals surface area contributed by atoms with Gasteiger partial charge in [-0.1, -0.05) is 0 Å². The molecule has 0 spiro atoms. The summed E-state index contributed by atoms with van der Waals surface area (Å²) in [5.74, 6) is -0.491. The molecule has 0 amide bonds. The summed E-state index contributed by atoms with van der Waals surface area (Å²) in [6, 6.07) is 0. The molecule has 0 bridgehead atoms. The van der Waals surface area contributed by atoms with Gasteiger partial charge in [0.15, 0.2) is 0 Å². The predicted molar refractivity (Wildman–Crippen MR) is 40.9 cm³/mol. The lowest BCUT2D eigenvalue weighted by Gasteiger charge is -2.18. The van der Waals surface area contributed by atoms with E-state index in [0.29, 0.717) is 0 Å². The van der Waals surface area contributed by atoms with E-state index in [-0.39, 0.29) is 5.75 Å². The second-order valence-electron chi connectivity index (χ2n) is 1.94. The van der Waals surface area contributed by atoms with E-state index in [4.69, 9.17) is 5.11 Å². The first-order valence-corrected chi connectivity index (χ1v) is 6.50. The van der Waals surface area contributed by atoms with Gasteiger partial charge in [-0.3, -0.25) is 4.79 Å². The smallest absolute Gasteiger partial charge is 0.312 e. The van der Waals surface area contributed by atoms with Crippen LogP contribution in [0.1, 0.15) is 0 Å². The zero-order chi connectivity index (χ0) is 6.78. The van der Waals surface area contributed by atoms with Crippen molar-refractivity contribution in [2.75, 3.05) is 18.3 Å². The Morgan fingerprint density at radius 3 is 2.12 bits per heavy atom. The molecule has 0 heterocycles. The molecule has 0 aromatic carbocycles. The van der Waals surface area contributed by atoms with Gasteiger partial charge < -0.3 is 5.11 Å². The van der Waals surface area contributed by atoms with Crippen LogP contribution in [0, 0.1) is 0 Å². The van der Waals surface area contributed by atoms with Crippen molar-refractivity contribution in [3.05, 3.63) is 0 Å². The summed E-state index contributed by atoms with van der Waals surface area (Å²) < 4.78 is 0. The van der Waals surface area contributed by atoms with Gasteiger partial charge in [-0.15, -0.1) is 0 Å². The standard InChI is InChI=1S/C4H9BrO2S/c1-8(2,5)3-4(6)7/h3H2,1-2H3,(H,6,7). The molecule has 2 nitrogen and oxygen atoms in total. The van der Waals surface area contributed by atoms with Gasteiger partial charge in [-0.25, -0.2) is 0 Å². The van der Waals surface area contributed by atoms with Crippen molar-refractivity contribution < 1.29 is 9.90 Å². The molecule has 0 aliphatic rings. The molecule has 0 radical (unpaired) electrons. The summed E-state index contributed by atoms with van der Waals surface area (Å²) in [5.41, 5.74) is 0. The molecule has 0 saturated heterocycles. The molecule has 0 rings (SSSR count). The molecule has 0 aromatic heterocycles. The molecule has 0 unspecified atom stereocenters. The van der Waals surface area contributed by atoms with Crippen LogP contribution < -0.4 is 0 Å². The normalized spacial score (nSPS) is 13.4. The third-order valence-corrected chi connectivity index (χ3v) is 2.09. The van der Waals surface area contributed by atoms with Crippen LogP contribution in [0.4, 0.5) is 0 Å². The summed E-state index contributed by atoms with van der Waals surface area (Å²) in [7, 11) is -1.01. The molecular formula is C4H9BrO2S. The van der Waals surface area contributed by atoms with E-state index >= 15 is 0 Å². The van der Waals surface area contributed by atoms with Crippen molar-refractivity contribution in [1.29, 1.82) is 0 Å². The van der Waals surface area contributed by atoms with Crippen molar-refractivity contribution in [3.63, 3.8) is 0 Å². The first-order valence-electron chi connectivity index (χ1n) is 2.04. The third kappa shape index (κ3) is 6.30. The summed E-state index contributed by atoms with van der Waals surface area (Å²) >= 11 is 3.28. The van der Waals surface area contributed by atoms with Crippen LogP contribution in [0.3, 0.4) is 0 Å². The Morgan fingerprint density at radius 2 is 2.12 bits per heavy atom. The van der Waals surface area contributed by atoms with Gasteiger partial charge in [0.2, 0.25) is 0 Å². The first-order chi connectivity index (χ1) is 3.42. The van der Waals surface area contributed by atoms with Gasteiger partial charge in [0.1, 0.15) is 0 Å². The van der Waals surface area contributed by atoms with Gasteiger partial charge >= 0.3 is 5.97 Å². The highest BCUT2D eigenvalue weighted by atomic mass is 79.9. The van der Waals surface area contributed by atoms with Crippen molar-refractivity contribution >= 4 is 29.2 Å². The van der Waals surface area contributed by atoms with Crippen molar-refractivity contribution in [3.8, 4) is 0 Å². The lowest BCUT2D eigenvalue weighted by Crippen LogP contribution is -2.05. The van der Waals surface area contributed by atoms with E-state index in [1.807, 2.05) is 12.5 Å². The summed E-state index contributed by atoms with van der Waals surface area (Å²) in [4.78, 5) is 10.0. The van der Waals surface area contributed by atoms with E-state index in [9.17, 15) is 4.79 Å². The average molecular weight is 201 g/mol. The van der Waals surface area contributed by atoms with Gasteiger partial charge in [0.05, 0.1) is 5.75 Å². The Morgan fingerprint density at radius 1 is 1.75 bits per heavy atom. The average Bonchev–Trinajstić information content (AvgIpc) is 1.21. The molecule has 0 aliphatic carbocycles. The van der Waals surface area contributed by atoms with Crippen LogP contribution >= 0.6 is 23.3 Å². The number of aliphatic carboxylic acids is 1. The molecule has 1 N–H and O–H groups in total. The molecule has 0 aliphatic heterocycles. The fraction of sp³-hybridized carbons (Fsp3) is 0.750. The number of rotatable bonds is 2. The highest BCUT2D eigenvalue weighted by Gasteiger charge is 2.10. The van der Waals surface area contributed by atoms with Gasteiger partial charge in [0.25, 0.3) is 0 Å². The van der Waals surface area contributed by atoms with E-state index in [2.05, 4.69) is 14.8 Å². The minimum Gasteiger partial charge on any atom is -0.481 e.